The van der Waals surface area contributed by atoms with Gasteiger partial charge in [-0.3, -0.25) is 0 Å². The van der Waals surface area contributed by atoms with Gasteiger partial charge in [0, 0.05) is 23.0 Å². The maximum Gasteiger partial charge on any atom is 0.0688 e. The zero-order chi connectivity index (χ0) is 18.8. The van der Waals surface area contributed by atoms with Crippen molar-refractivity contribution in [3.8, 4) is 11.3 Å². The van der Waals surface area contributed by atoms with Gasteiger partial charge in [-0.2, -0.15) is 0 Å². The van der Waals surface area contributed by atoms with Crippen LogP contribution in [-0.2, 0) is 13.2 Å². The Kier molecular flexibility index (Phi) is 5.18. The highest BCUT2D eigenvalue weighted by Gasteiger charge is 2.27. The van der Waals surface area contributed by atoms with Crippen LogP contribution in [-0.4, -0.2) is 9.67 Å². The number of rotatable bonds is 5. The first-order valence-corrected chi connectivity index (χ1v) is 10.2. The van der Waals surface area contributed by atoms with E-state index in [1.54, 1.807) is 0 Å². The Bertz CT molecular complexity index is 960. The van der Waals surface area contributed by atoms with Crippen LogP contribution < -0.4 is 0 Å². The zero-order valence-electron chi connectivity index (χ0n) is 16.2. The van der Waals surface area contributed by atoms with Crippen molar-refractivity contribution >= 4 is 10.9 Å². The summed E-state index contributed by atoms with van der Waals surface area (Å²) in [6.45, 7) is 7.09. The molecular formula is C25H29NO. The summed E-state index contributed by atoms with van der Waals surface area (Å²) in [6.07, 6.45) is 8.48. The fourth-order valence-electron chi connectivity index (χ4n) is 4.90. The van der Waals surface area contributed by atoms with E-state index in [-0.39, 0.29) is 6.61 Å². The molecule has 1 fully saturated rings. The molecule has 0 bridgehead atoms. The van der Waals surface area contributed by atoms with E-state index in [1.165, 1.54) is 59.8 Å². The van der Waals surface area contributed by atoms with E-state index in [0.29, 0.717) is 5.92 Å². The van der Waals surface area contributed by atoms with Crippen LogP contribution in [0.15, 0.2) is 55.1 Å². The first kappa shape index (κ1) is 18.1. The van der Waals surface area contributed by atoms with Gasteiger partial charge in [0.1, 0.15) is 0 Å². The molecule has 1 aliphatic rings. The van der Waals surface area contributed by atoms with Gasteiger partial charge in [0.15, 0.2) is 0 Å². The van der Waals surface area contributed by atoms with E-state index in [4.69, 9.17) is 0 Å². The lowest BCUT2D eigenvalue weighted by Gasteiger charge is -2.24. The maximum absolute atomic E-state index is 10.0. The number of aromatic nitrogens is 1. The smallest absolute Gasteiger partial charge is 0.0688 e. The van der Waals surface area contributed by atoms with Crippen molar-refractivity contribution in [3.63, 3.8) is 0 Å². The maximum atomic E-state index is 10.0. The predicted octanol–water partition coefficient (Wildman–Crippen LogP) is 6.34. The van der Waals surface area contributed by atoms with Gasteiger partial charge >= 0.3 is 0 Å². The van der Waals surface area contributed by atoms with Crippen molar-refractivity contribution in [2.24, 2.45) is 0 Å². The van der Waals surface area contributed by atoms with Gasteiger partial charge in [-0.25, -0.2) is 0 Å². The van der Waals surface area contributed by atoms with Crippen molar-refractivity contribution in [1.29, 1.82) is 0 Å². The third-order valence-corrected chi connectivity index (χ3v) is 6.10. The molecule has 1 saturated carbocycles. The summed E-state index contributed by atoms with van der Waals surface area (Å²) in [5, 5.41) is 11.4. The minimum absolute atomic E-state index is 0.0644. The van der Waals surface area contributed by atoms with E-state index in [1.807, 2.05) is 18.2 Å². The Hall–Kier alpha value is -2.32. The molecule has 0 amide bonds. The second-order valence-corrected chi connectivity index (χ2v) is 7.78. The van der Waals surface area contributed by atoms with Crippen LogP contribution >= 0.6 is 0 Å². The number of hydrogen-bond acceptors (Lipinski definition) is 1. The highest BCUT2D eigenvalue weighted by atomic mass is 16.3. The largest absolute Gasteiger partial charge is 0.392 e. The number of fused-ring (bicyclic) bond motifs is 1. The molecule has 0 unspecified atom stereocenters. The zero-order valence-corrected chi connectivity index (χ0v) is 16.2. The standard InChI is InChI=1S/C25H29NO/c1-3-16-26-22-15-9-10-18(2)23(22)24(19-11-5-4-6-12-19)25(26)21-14-8-7-13-20(21)17-27/h3,7-10,13-15,19,27H,1,4-6,11-12,16-17H2,2H3. The molecule has 0 atom stereocenters. The molecule has 0 aliphatic heterocycles. The monoisotopic (exact) mass is 359 g/mol. The lowest BCUT2D eigenvalue weighted by atomic mass is 9.81. The number of benzene rings is 2. The van der Waals surface area contributed by atoms with Gasteiger partial charge in [-0.1, -0.05) is 61.7 Å². The summed E-state index contributed by atoms with van der Waals surface area (Å²) in [5.74, 6) is 0.593. The van der Waals surface area contributed by atoms with Crippen LogP contribution in [0.2, 0.25) is 0 Å². The van der Waals surface area contributed by atoms with Gasteiger partial charge in [0.2, 0.25) is 0 Å². The molecule has 2 heteroatoms. The summed E-state index contributed by atoms with van der Waals surface area (Å²) in [7, 11) is 0. The van der Waals surface area contributed by atoms with E-state index >= 15 is 0 Å². The van der Waals surface area contributed by atoms with E-state index < -0.39 is 0 Å². The van der Waals surface area contributed by atoms with E-state index in [2.05, 4.69) is 48.4 Å². The fraction of sp³-hybridized carbons (Fsp3) is 0.360. The summed E-state index contributed by atoms with van der Waals surface area (Å²) in [4.78, 5) is 0. The Balaban J connectivity index is 2.09. The minimum Gasteiger partial charge on any atom is -0.392 e. The highest BCUT2D eigenvalue weighted by molar-refractivity contribution is 5.95. The molecule has 140 valence electrons. The molecule has 27 heavy (non-hydrogen) atoms. The van der Waals surface area contributed by atoms with Gasteiger partial charge in [-0.05, 0) is 48.4 Å². The number of hydrogen-bond donors (Lipinski definition) is 1. The number of aliphatic hydroxyl groups is 1. The third kappa shape index (κ3) is 3.12. The molecule has 1 N–H and O–H groups in total. The molecule has 1 aromatic heterocycles. The van der Waals surface area contributed by atoms with Crippen LogP contribution in [0.25, 0.3) is 22.2 Å². The first-order valence-electron chi connectivity index (χ1n) is 10.2. The summed E-state index contributed by atoms with van der Waals surface area (Å²) in [6, 6.07) is 14.9. The molecule has 1 aliphatic carbocycles. The van der Waals surface area contributed by atoms with Crippen molar-refractivity contribution in [2.75, 3.05) is 0 Å². The van der Waals surface area contributed by atoms with Crippen LogP contribution in [0.5, 0.6) is 0 Å². The summed E-state index contributed by atoms with van der Waals surface area (Å²) in [5.41, 5.74) is 7.58. The molecule has 2 nitrogen and oxygen atoms in total. The number of aliphatic hydroxyl groups excluding tert-OH is 1. The number of allylic oxidation sites excluding steroid dienone is 1. The van der Waals surface area contributed by atoms with Crippen molar-refractivity contribution in [1.82, 2.24) is 4.57 Å². The second kappa shape index (κ2) is 7.74. The Morgan fingerprint density at radius 3 is 2.59 bits per heavy atom. The summed E-state index contributed by atoms with van der Waals surface area (Å²) >= 11 is 0. The van der Waals surface area contributed by atoms with E-state index in [0.717, 1.165) is 17.7 Å². The quantitative estimate of drug-likeness (QED) is 0.528. The molecule has 0 spiro atoms. The molecule has 0 saturated heterocycles. The lowest BCUT2D eigenvalue weighted by molar-refractivity contribution is 0.282. The SMILES string of the molecule is C=CCn1c(-c2ccccc2CO)c(C2CCCCC2)c2c(C)cccc21. The molecule has 3 aromatic rings. The molecule has 0 radical (unpaired) electrons. The molecular weight excluding hydrogens is 330 g/mol. The van der Waals surface area contributed by atoms with Crippen LogP contribution in [0.4, 0.5) is 0 Å². The average molecular weight is 360 g/mol. The van der Waals surface area contributed by atoms with Crippen LogP contribution in [0.3, 0.4) is 0 Å². The lowest BCUT2D eigenvalue weighted by Crippen LogP contribution is -2.08. The molecule has 4 rings (SSSR count). The van der Waals surface area contributed by atoms with Crippen LogP contribution in [0, 0.1) is 6.92 Å². The normalized spacial score (nSPS) is 15.3. The second-order valence-electron chi connectivity index (χ2n) is 7.78. The Morgan fingerprint density at radius 1 is 1.07 bits per heavy atom. The first-order chi connectivity index (χ1) is 13.3. The third-order valence-electron chi connectivity index (χ3n) is 6.10. The Morgan fingerprint density at radius 2 is 1.85 bits per heavy atom. The number of aryl methyl sites for hydroxylation is 1. The van der Waals surface area contributed by atoms with Gasteiger partial charge in [0.25, 0.3) is 0 Å². The highest BCUT2D eigenvalue weighted by Crippen LogP contribution is 2.45. The number of nitrogens with zero attached hydrogens (tertiary/aromatic N) is 1. The van der Waals surface area contributed by atoms with Gasteiger partial charge in [0.05, 0.1) is 12.3 Å². The molecule has 1 heterocycles. The van der Waals surface area contributed by atoms with Crippen molar-refractivity contribution in [2.45, 2.75) is 58.1 Å². The van der Waals surface area contributed by atoms with Crippen molar-refractivity contribution < 1.29 is 5.11 Å². The topological polar surface area (TPSA) is 25.2 Å². The Labute approximate surface area is 162 Å². The molecule has 2 aromatic carbocycles. The minimum atomic E-state index is 0.0644. The van der Waals surface area contributed by atoms with Crippen molar-refractivity contribution in [3.05, 3.63) is 71.8 Å². The van der Waals surface area contributed by atoms with Crippen LogP contribution in [0.1, 0.15) is 54.7 Å². The van der Waals surface area contributed by atoms with Gasteiger partial charge in [-0.15, -0.1) is 6.58 Å². The predicted molar refractivity (Wildman–Crippen MR) is 114 cm³/mol. The van der Waals surface area contributed by atoms with Gasteiger partial charge < -0.3 is 9.67 Å². The average Bonchev–Trinajstić information content (AvgIpc) is 3.04. The fourth-order valence-corrected chi connectivity index (χ4v) is 4.90. The summed E-state index contributed by atoms with van der Waals surface area (Å²) < 4.78 is 2.41. The van der Waals surface area contributed by atoms with E-state index in [9.17, 15) is 5.11 Å².